The molecule has 1 unspecified atom stereocenters. The highest BCUT2D eigenvalue weighted by Gasteiger charge is 2.27. The fourth-order valence-electron chi connectivity index (χ4n) is 3.25. The number of imidazole rings is 1. The summed E-state index contributed by atoms with van der Waals surface area (Å²) in [6, 6.07) is 17.0. The molecule has 1 atom stereocenters. The Labute approximate surface area is 136 Å². The third kappa shape index (κ3) is 2.47. The van der Waals surface area contributed by atoms with Gasteiger partial charge in [-0.25, -0.2) is 4.98 Å². The number of aromatic nitrogens is 2. The molecule has 1 aromatic heterocycles. The smallest absolute Gasteiger partial charge is 0.112 e. The predicted octanol–water partition coefficient (Wildman–Crippen LogP) is 3.75. The summed E-state index contributed by atoms with van der Waals surface area (Å²) in [7, 11) is 0. The predicted molar refractivity (Wildman–Crippen MR) is 92.3 cm³/mol. The molecule has 3 heteroatoms. The maximum absolute atomic E-state index is 9.99. The minimum absolute atomic E-state index is 0.325. The minimum Gasteiger partial charge on any atom is -0.391 e. The van der Waals surface area contributed by atoms with Crippen LogP contribution >= 0.6 is 0 Å². The Balaban J connectivity index is 1.91. The Morgan fingerprint density at radius 2 is 1.48 bits per heavy atom. The molecule has 0 radical (unpaired) electrons. The molecule has 3 nitrogen and oxygen atoms in total. The van der Waals surface area contributed by atoms with Crippen molar-refractivity contribution in [2.75, 3.05) is 0 Å². The van der Waals surface area contributed by atoms with Gasteiger partial charge in [0.05, 0.1) is 24.0 Å². The van der Waals surface area contributed by atoms with Gasteiger partial charge in [-0.3, -0.25) is 0 Å². The first kappa shape index (κ1) is 14.2. The van der Waals surface area contributed by atoms with E-state index in [9.17, 15) is 5.11 Å². The van der Waals surface area contributed by atoms with Gasteiger partial charge in [0.15, 0.2) is 0 Å². The van der Waals surface area contributed by atoms with Crippen molar-refractivity contribution in [3.63, 3.8) is 0 Å². The lowest BCUT2D eigenvalue weighted by atomic mass is 10.0. The van der Waals surface area contributed by atoms with E-state index < -0.39 is 0 Å². The van der Waals surface area contributed by atoms with E-state index in [0.29, 0.717) is 13.0 Å². The van der Waals surface area contributed by atoms with Crippen LogP contribution in [0.15, 0.2) is 48.5 Å². The molecule has 0 aliphatic carbocycles. The van der Waals surface area contributed by atoms with Crippen LogP contribution in [0.2, 0.25) is 0 Å². The largest absolute Gasteiger partial charge is 0.391 e. The highest BCUT2D eigenvalue weighted by Crippen LogP contribution is 2.35. The lowest BCUT2D eigenvalue weighted by Gasteiger charge is -2.10. The van der Waals surface area contributed by atoms with Crippen molar-refractivity contribution in [1.82, 2.24) is 9.55 Å². The number of aliphatic hydroxyl groups is 1. The topological polar surface area (TPSA) is 38.0 Å². The van der Waals surface area contributed by atoms with E-state index in [0.717, 1.165) is 28.3 Å². The number of fused-ring (bicyclic) bond motifs is 1. The first-order chi connectivity index (χ1) is 11.1. The summed E-state index contributed by atoms with van der Waals surface area (Å²) >= 11 is 0. The van der Waals surface area contributed by atoms with Gasteiger partial charge in [-0.05, 0) is 13.8 Å². The second-order valence-corrected chi connectivity index (χ2v) is 6.43. The van der Waals surface area contributed by atoms with Gasteiger partial charge in [-0.15, -0.1) is 0 Å². The second kappa shape index (κ2) is 5.36. The molecule has 1 aliphatic rings. The fraction of sp³-hybridized carbons (Fsp3) is 0.250. The Hall–Kier alpha value is -2.39. The van der Waals surface area contributed by atoms with Crippen molar-refractivity contribution >= 4 is 0 Å². The molecule has 0 saturated heterocycles. The van der Waals surface area contributed by atoms with E-state index in [4.69, 9.17) is 4.98 Å². The van der Waals surface area contributed by atoms with Gasteiger partial charge in [0.1, 0.15) is 5.82 Å². The summed E-state index contributed by atoms with van der Waals surface area (Å²) in [5, 5.41) is 9.99. The van der Waals surface area contributed by atoms with Crippen molar-refractivity contribution < 1.29 is 5.11 Å². The highest BCUT2D eigenvalue weighted by molar-refractivity contribution is 5.79. The minimum atomic E-state index is -0.325. The van der Waals surface area contributed by atoms with E-state index in [1.165, 1.54) is 11.1 Å². The molecule has 1 N–H and O–H groups in total. The quantitative estimate of drug-likeness (QED) is 0.783. The average molecular weight is 304 g/mol. The summed E-state index contributed by atoms with van der Waals surface area (Å²) in [6.07, 6.45) is 0.304. The van der Waals surface area contributed by atoms with Crippen molar-refractivity contribution in [3.05, 3.63) is 65.5 Å². The number of rotatable bonds is 2. The zero-order chi connectivity index (χ0) is 16.0. The van der Waals surface area contributed by atoms with Gasteiger partial charge >= 0.3 is 0 Å². The molecular weight excluding hydrogens is 284 g/mol. The molecule has 4 rings (SSSR count). The molecule has 0 saturated carbocycles. The monoisotopic (exact) mass is 304 g/mol. The number of benzene rings is 2. The summed E-state index contributed by atoms with van der Waals surface area (Å²) < 4.78 is 2.17. The second-order valence-electron chi connectivity index (χ2n) is 6.43. The number of nitrogens with zero attached hydrogens (tertiary/aromatic N) is 2. The number of aryl methyl sites for hydroxylation is 2. The lowest BCUT2D eigenvalue weighted by Crippen LogP contribution is -2.08. The van der Waals surface area contributed by atoms with Crippen LogP contribution in [0, 0.1) is 13.8 Å². The van der Waals surface area contributed by atoms with Crippen LogP contribution in [0.25, 0.3) is 22.5 Å². The van der Waals surface area contributed by atoms with Crippen LogP contribution in [-0.2, 0) is 13.0 Å². The highest BCUT2D eigenvalue weighted by atomic mass is 16.3. The van der Waals surface area contributed by atoms with E-state index in [1.807, 2.05) is 0 Å². The Morgan fingerprint density at radius 3 is 2.09 bits per heavy atom. The average Bonchev–Trinajstić information content (AvgIpc) is 3.05. The standard InChI is InChI=1S/C20H20N2O/c1-13-3-7-15(8-4-13)19-20(16-9-5-14(2)6-10-16)22-12-17(23)11-18(22)21-19/h3-10,17,23H,11-12H2,1-2H3. The van der Waals surface area contributed by atoms with Gasteiger partial charge in [0.25, 0.3) is 0 Å². The van der Waals surface area contributed by atoms with Gasteiger partial charge in [-0.2, -0.15) is 0 Å². The maximum Gasteiger partial charge on any atom is 0.112 e. The normalized spacial score (nSPS) is 16.6. The third-order valence-electron chi connectivity index (χ3n) is 4.51. The fourth-order valence-corrected chi connectivity index (χ4v) is 3.25. The molecule has 2 heterocycles. The van der Waals surface area contributed by atoms with Crippen molar-refractivity contribution in [3.8, 4) is 22.5 Å². The molecule has 1 aliphatic heterocycles. The molecule has 0 fully saturated rings. The molecule has 0 spiro atoms. The maximum atomic E-state index is 9.99. The van der Waals surface area contributed by atoms with Gasteiger partial charge in [-0.1, -0.05) is 59.7 Å². The molecule has 0 bridgehead atoms. The number of hydrogen-bond donors (Lipinski definition) is 1. The van der Waals surface area contributed by atoms with Crippen LogP contribution in [0.1, 0.15) is 17.0 Å². The van der Waals surface area contributed by atoms with Crippen LogP contribution in [0.3, 0.4) is 0 Å². The number of aliphatic hydroxyl groups excluding tert-OH is 1. The molecule has 3 aromatic rings. The van der Waals surface area contributed by atoms with Crippen molar-refractivity contribution in [1.29, 1.82) is 0 Å². The molecule has 2 aromatic carbocycles. The molecule has 116 valence electrons. The summed E-state index contributed by atoms with van der Waals surface area (Å²) in [6.45, 7) is 4.81. The summed E-state index contributed by atoms with van der Waals surface area (Å²) in [5.41, 5.74) is 6.89. The van der Waals surface area contributed by atoms with Crippen LogP contribution in [0.5, 0.6) is 0 Å². The van der Waals surface area contributed by atoms with Gasteiger partial charge in [0, 0.05) is 17.5 Å². The van der Waals surface area contributed by atoms with Crippen molar-refractivity contribution in [2.45, 2.75) is 32.9 Å². The third-order valence-corrected chi connectivity index (χ3v) is 4.51. The van der Waals surface area contributed by atoms with Crippen molar-refractivity contribution in [2.24, 2.45) is 0 Å². The lowest BCUT2D eigenvalue weighted by molar-refractivity contribution is 0.176. The zero-order valence-corrected chi connectivity index (χ0v) is 13.5. The number of hydrogen-bond acceptors (Lipinski definition) is 2. The van der Waals surface area contributed by atoms with E-state index in [-0.39, 0.29) is 6.10 Å². The van der Waals surface area contributed by atoms with Crippen LogP contribution < -0.4 is 0 Å². The van der Waals surface area contributed by atoms with Gasteiger partial charge in [0.2, 0.25) is 0 Å². The van der Waals surface area contributed by atoms with E-state index >= 15 is 0 Å². The summed E-state index contributed by atoms with van der Waals surface area (Å²) in [4.78, 5) is 4.84. The molecule has 0 amide bonds. The Kier molecular flexibility index (Phi) is 3.31. The summed E-state index contributed by atoms with van der Waals surface area (Å²) in [5.74, 6) is 0.976. The first-order valence-corrected chi connectivity index (χ1v) is 8.03. The zero-order valence-electron chi connectivity index (χ0n) is 13.5. The van der Waals surface area contributed by atoms with Crippen LogP contribution in [-0.4, -0.2) is 20.8 Å². The Bertz CT molecular complexity index is 845. The first-order valence-electron chi connectivity index (χ1n) is 8.03. The Morgan fingerprint density at radius 1 is 0.913 bits per heavy atom. The van der Waals surface area contributed by atoms with E-state index in [1.54, 1.807) is 0 Å². The molecular formula is C20H20N2O. The van der Waals surface area contributed by atoms with E-state index in [2.05, 4.69) is 66.9 Å². The molecule has 23 heavy (non-hydrogen) atoms. The van der Waals surface area contributed by atoms with Gasteiger partial charge < -0.3 is 9.67 Å². The SMILES string of the molecule is Cc1ccc(-c2nc3n(c2-c2ccc(C)cc2)CC(O)C3)cc1. The van der Waals surface area contributed by atoms with Crippen LogP contribution in [0.4, 0.5) is 0 Å².